The second-order valence-electron chi connectivity index (χ2n) is 5.11. The van der Waals surface area contributed by atoms with Crippen LogP contribution in [0.5, 0.6) is 0 Å². The summed E-state index contributed by atoms with van der Waals surface area (Å²) in [6.07, 6.45) is 5.83. The van der Waals surface area contributed by atoms with Crippen LogP contribution in [0.15, 0.2) is 30.6 Å². The van der Waals surface area contributed by atoms with E-state index in [0.717, 1.165) is 35.8 Å². The summed E-state index contributed by atoms with van der Waals surface area (Å²) in [6.45, 7) is 5.14. The summed E-state index contributed by atoms with van der Waals surface area (Å²) >= 11 is 6.11. The zero-order valence-corrected chi connectivity index (χ0v) is 13.1. The van der Waals surface area contributed by atoms with Gasteiger partial charge in [-0.25, -0.2) is 4.98 Å². The summed E-state index contributed by atoms with van der Waals surface area (Å²) in [5, 5.41) is 4.37. The molecule has 0 amide bonds. The van der Waals surface area contributed by atoms with Gasteiger partial charge in [0.25, 0.3) is 0 Å². The molecule has 0 bridgehead atoms. The molecule has 0 radical (unpaired) electrons. The summed E-state index contributed by atoms with van der Waals surface area (Å²) in [6, 6.07) is 6.61. The molecule has 0 saturated heterocycles. The van der Waals surface area contributed by atoms with Crippen LogP contribution in [0.1, 0.15) is 36.3 Å². The van der Waals surface area contributed by atoms with Crippen molar-refractivity contribution in [2.24, 2.45) is 7.05 Å². The van der Waals surface area contributed by atoms with Crippen LogP contribution in [0.4, 0.5) is 0 Å². The van der Waals surface area contributed by atoms with Crippen LogP contribution >= 0.6 is 11.6 Å². The van der Waals surface area contributed by atoms with Gasteiger partial charge in [0, 0.05) is 36.9 Å². The molecule has 0 fully saturated rings. The Morgan fingerprint density at radius 3 is 2.80 bits per heavy atom. The van der Waals surface area contributed by atoms with E-state index < -0.39 is 0 Å². The van der Waals surface area contributed by atoms with E-state index in [9.17, 15) is 0 Å². The van der Waals surface area contributed by atoms with Crippen LogP contribution in [0.25, 0.3) is 0 Å². The Hall–Kier alpha value is -1.32. The molecular weight excluding hydrogens is 270 g/mol. The fourth-order valence-electron chi connectivity index (χ4n) is 2.43. The van der Waals surface area contributed by atoms with Crippen molar-refractivity contribution in [3.63, 3.8) is 0 Å². The van der Waals surface area contributed by atoms with Gasteiger partial charge in [-0.15, -0.1) is 0 Å². The molecule has 0 saturated carbocycles. The summed E-state index contributed by atoms with van der Waals surface area (Å²) in [7, 11) is 2.04. The van der Waals surface area contributed by atoms with Crippen molar-refractivity contribution in [1.29, 1.82) is 0 Å². The number of halogens is 1. The monoisotopic (exact) mass is 291 g/mol. The minimum absolute atomic E-state index is 0.340. The van der Waals surface area contributed by atoms with Crippen molar-refractivity contribution in [2.75, 3.05) is 6.54 Å². The lowest BCUT2D eigenvalue weighted by molar-refractivity contribution is 0.505. The van der Waals surface area contributed by atoms with Gasteiger partial charge in [-0.1, -0.05) is 30.7 Å². The fraction of sp³-hybridized carbons (Fsp3) is 0.438. The Labute approximate surface area is 126 Å². The number of aromatic nitrogens is 2. The number of benzene rings is 1. The van der Waals surface area contributed by atoms with Gasteiger partial charge in [-0.05, 0) is 37.1 Å². The minimum Gasteiger partial charge on any atom is -0.338 e. The van der Waals surface area contributed by atoms with Gasteiger partial charge < -0.3 is 9.88 Å². The summed E-state index contributed by atoms with van der Waals surface area (Å²) in [4.78, 5) is 4.39. The molecule has 2 aromatic rings. The molecule has 0 aliphatic heterocycles. The van der Waals surface area contributed by atoms with Gasteiger partial charge in [0.05, 0.1) is 0 Å². The average molecular weight is 292 g/mol. The van der Waals surface area contributed by atoms with Crippen LogP contribution in [-0.2, 0) is 13.5 Å². The molecule has 1 atom stereocenters. The first-order valence-electron chi connectivity index (χ1n) is 7.07. The number of imidazole rings is 1. The van der Waals surface area contributed by atoms with Crippen molar-refractivity contribution >= 4 is 11.6 Å². The van der Waals surface area contributed by atoms with Crippen LogP contribution in [-0.4, -0.2) is 16.1 Å². The Bertz CT molecular complexity index is 563. The second-order valence-corrected chi connectivity index (χ2v) is 5.52. The minimum atomic E-state index is 0.340. The zero-order chi connectivity index (χ0) is 14.5. The largest absolute Gasteiger partial charge is 0.338 e. The first kappa shape index (κ1) is 15.1. The van der Waals surface area contributed by atoms with Crippen molar-refractivity contribution in [3.05, 3.63) is 52.6 Å². The highest BCUT2D eigenvalue weighted by molar-refractivity contribution is 6.31. The average Bonchev–Trinajstić information content (AvgIpc) is 2.83. The molecular formula is C16H22ClN3. The summed E-state index contributed by atoms with van der Waals surface area (Å²) in [5.41, 5.74) is 2.42. The van der Waals surface area contributed by atoms with Gasteiger partial charge in [0.15, 0.2) is 0 Å². The maximum Gasteiger partial charge on any atom is 0.108 e. The van der Waals surface area contributed by atoms with E-state index in [4.69, 9.17) is 11.6 Å². The number of nitrogens with zero attached hydrogens (tertiary/aromatic N) is 2. The highest BCUT2D eigenvalue weighted by atomic mass is 35.5. The SMILES string of the molecule is CCNC(CCc1nccn1C)c1ccc(Cl)c(C)c1. The fourth-order valence-corrected chi connectivity index (χ4v) is 2.55. The summed E-state index contributed by atoms with van der Waals surface area (Å²) < 4.78 is 2.08. The van der Waals surface area contributed by atoms with E-state index in [1.54, 1.807) is 0 Å². The molecule has 0 spiro atoms. The van der Waals surface area contributed by atoms with E-state index in [2.05, 4.69) is 33.9 Å². The molecule has 0 aliphatic carbocycles. The quantitative estimate of drug-likeness (QED) is 0.880. The molecule has 0 aliphatic rings. The highest BCUT2D eigenvalue weighted by Crippen LogP contribution is 2.23. The molecule has 4 heteroatoms. The lowest BCUT2D eigenvalue weighted by atomic mass is 10.00. The van der Waals surface area contributed by atoms with Crippen molar-refractivity contribution in [2.45, 2.75) is 32.7 Å². The van der Waals surface area contributed by atoms with Crippen molar-refractivity contribution in [3.8, 4) is 0 Å². The predicted molar refractivity (Wildman–Crippen MR) is 84.1 cm³/mol. The third-order valence-electron chi connectivity index (χ3n) is 3.61. The van der Waals surface area contributed by atoms with Gasteiger partial charge in [0.2, 0.25) is 0 Å². The molecule has 1 heterocycles. The third kappa shape index (κ3) is 3.62. The molecule has 1 N–H and O–H groups in total. The van der Waals surface area contributed by atoms with E-state index in [-0.39, 0.29) is 0 Å². The first-order chi connectivity index (χ1) is 9.61. The van der Waals surface area contributed by atoms with Gasteiger partial charge >= 0.3 is 0 Å². The van der Waals surface area contributed by atoms with Crippen molar-refractivity contribution in [1.82, 2.24) is 14.9 Å². The molecule has 3 nitrogen and oxygen atoms in total. The Morgan fingerprint density at radius 2 is 2.20 bits per heavy atom. The summed E-state index contributed by atoms with van der Waals surface area (Å²) in [5.74, 6) is 1.12. The maximum atomic E-state index is 6.11. The number of hydrogen-bond donors (Lipinski definition) is 1. The maximum absolute atomic E-state index is 6.11. The van der Waals surface area contributed by atoms with Crippen LogP contribution in [0.2, 0.25) is 5.02 Å². The smallest absolute Gasteiger partial charge is 0.108 e. The number of rotatable bonds is 6. The lowest BCUT2D eigenvalue weighted by Gasteiger charge is -2.19. The second kappa shape index (κ2) is 6.91. The van der Waals surface area contributed by atoms with Crippen LogP contribution < -0.4 is 5.32 Å². The zero-order valence-electron chi connectivity index (χ0n) is 12.4. The normalized spacial score (nSPS) is 12.6. The Kier molecular flexibility index (Phi) is 5.21. The van der Waals surface area contributed by atoms with Crippen molar-refractivity contribution < 1.29 is 0 Å². The molecule has 108 valence electrons. The topological polar surface area (TPSA) is 29.9 Å². The predicted octanol–water partition coefficient (Wildman–Crippen LogP) is 3.67. The Balaban J connectivity index is 2.10. The molecule has 1 aromatic heterocycles. The Morgan fingerprint density at radius 1 is 1.40 bits per heavy atom. The number of nitrogens with one attached hydrogen (secondary N) is 1. The van der Waals surface area contributed by atoms with Gasteiger partial charge in [0.1, 0.15) is 5.82 Å². The molecule has 1 unspecified atom stereocenters. The first-order valence-corrected chi connectivity index (χ1v) is 7.45. The molecule has 2 rings (SSSR count). The highest BCUT2D eigenvalue weighted by Gasteiger charge is 2.12. The van der Waals surface area contributed by atoms with Gasteiger partial charge in [-0.3, -0.25) is 0 Å². The lowest BCUT2D eigenvalue weighted by Crippen LogP contribution is -2.22. The third-order valence-corrected chi connectivity index (χ3v) is 4.04. The number of hydrogen-bond acceptors (Lipinski definition) is 2. The van der Waals surface area contributed by atoms with Crippen LogP contribution in [0, 0.1) is 6.92 Å². The standard InChI is InChI=1S/C16H22ClN3/c1-4-18-15(7-8-16-19-9-10-20(16)3)13-5-6-14(17)12(2)11-13/h5-6,9-11,15,18H,4,7-8H2,1-3H3. The van der Waals surface area contributed by atoms with E-state index in [1.165, 1.54) is 5.56 Å². The molecule has 20 heavy (non-hydrogen) atoms. The molecule has 1 aromatic carbocycles. The van der Waals surface area contributed by atoms with E-state index >= 15 is 0 Å². The number of aryl methyl sites for hydroxylation is 3. The van der Waals surface area contributed by atoms with Gasteiger partial charge in [-0.2, -0.15) is 0 Å². The van der Waals surface area contributed by atoms with E-state index in [0.29, 0.717) is 6.04 Å². The van der Waals surface area contributed by atoms with Crippen LogP contribution in [0.3, 0.4) is 0 Å². The van der Waals surface area contributed by atoms with E-state index in [1.807, 2.05) is 32.4 Å².